The van der Waals surface area contributed by atoms with Crippen LogP contribution in [-0.4, -0.2) is 48.8 Å². The molecule has 1 aliphatic heterocycles. The third-order valence-electron chi connectivity index (χ3n) is 4.56. The number of hydrogen-bond acceptors (Lipinski definition) is 5. The average Bonchev–Trinajstić information content (AvgIpc) is 2.48. The van der Waals surface area contributed by atoms with Gasteiger partial charge in [-0.25, -0.2) is 0 Å². The molecule has 1 aliphatic carbocycles. The first-order valence-electron chi connectivity index (χ1n) is 7.49. The topological polar surface area (TPSA) is 63.4 Å². The van der Waals surface area contributed by atoms with Gasteiger partial charge in [0.2, 0.25) is 0 Å². The molecule has 3 atom stereocenters. The van der Waals surface area contributed by atoms with Crippen LogP contribution in [0.4, 0.5) is 0 Å². The maximum Gasteiger partial charge on any atom is 0.0875 e. The first-order valence-corrected chi connectivity index (χ1v) is 7.49. The van der Waals surface area contributed by atoms with E-state index in [4.69, 9.17) is 10.6 Å². The van der Waals surface area contributed by atoms with E-state index in [0.29, 0.717) is 5.92 Å². The molecule has 1 saturated heterocycles. The number of likely N-dealkylation sites (N-methyl/N-ethyl adjacent to an activating group) is 1. The van der Waals surface area contributed by atoms with Crippen LogP contribution in [0.15, 0.2) is 18.3 Å². The Morgan fingerprint density at radius 2 is 2.45 bits per heavy atom. The number of nitrogens with zero attached hydrogens (tertiary/aromatic N) is 2. The van der Waals surface area contributed by atoms with Gasteiger partial charge in [-0.15, -0.1) is 0 Å². The summed E-state index contributed by atoms with van der Waals surface area (Å²) in [5, 5.41) is 0. The number of fused-ring (bicyclic) bond motifs is 1. The third kappa shape index (κ3) is 2.72. The predicted octanol–water partition coefficient (Wildman–Crippen LogP) is 0.664. The monoisotopic (exact) mass is 276 g/mol. The zero-order valence-corrected chi connectivity index (χ0v) is 12.1. The van der Waals surface area contributed by atoms with Gasteiger partial charge in [-0.2, -0.15) is 0 Å². The second-order valence-corrected chi connectivity index (χ2v) is 5.91. The summed E-state index contributed by atoms with van der Waals surface area (Å²) in [7, 11) is 2.14. The SMILES string of the molecule is CN1CCOC(C(NN)C2CCCc3cccnc32)C1. The lowest BCUT2D eigenvalue weighted by atomic mass is 9.80. The second kappa shape index (κ2) is 6.18. The van der Waals surface area contributed by atoms with Gasteiger partial charge in [0, 0.05) is 30.9 Å². The summed E-state index contributed by atoms with van der Waals surface area (Å²) in [6.07, 6.45) is 5.48. The molecule has 0 saturated carbocycles. The largest absolute Gasteiger partial charge is 0.374 e. The van der Waals surface area contributed by atoms with Crippen molar-refractivity contribution in [2.24, 2.45) is 5.84 Å². The van der Waals surface area contributed by atoms with E-state index >= 15 is 0 Å². The van der Waals surface area contributed by atoms with Crippen molar-refractivity contribution in [3.8, 4) is 0 Å². The van der Waals surface area contributed by atoms with Crippen molar-refractivity contribution in [3.05, 3.63) is 29.6 Å². The van der Waals surface area contributed by atoms with Crippen LogP contribution < -0.4 is 11.3 Å². The molecule has 3 rings (SSSR count). The van der Waals surface area contributed by atoms with E-state index in [0.717, 1.165) is 32.5 Å². The molecule has 0 bridgehead atoms. The fraction of sp³-hybridized carbons (Fsp3) is 0.667. The molecule has 3 unspecified atom stereocenters. The van der Waals surface area contributed by atoms with E-state index in [1.165, 1.54) is 17.7 Å². The van der Waals surface area contributed by atoms with E-state index in [2.05, 4.69) is 28.4 Å². The van der Waals surface area contributed by atoms with Crippen molar-refractivity contribution in [1.82, 2.24) is 15.3 Å². The molecule has 0 spiro atoms. The molecular weight excluding hydrogens is 252 g/mol. The molecule has 110 valence electrons. The zero-order chi connectivity index (χ0) is 13.9. The van der Waals surface area contributed by atoms with Gasteiger partial charge >= 0.3 is 0 Å². The Labute approximate surface area is 120 Å². The van der Waals surface area contributed by atoms with Crippen LogP contribution in [0.25, 0.3) is 0 Å². The number of nitrogens with two attached hydrogens (primary N) is 1. The van der Waals surface area contributed by atoms with E-state index < -0.39 is 0 Å². The van der Waals surface area contributed by atoms with Gasteiger partial charge in [-0.3, -0.25) is 16.3 Å². The van der Waals surface area contributed by atoms with Gasteiger partial charge < -0.3 is 9.64 Å². The van der Waals surface area contributed by atoms with Gasteiger partial charge in [0.05, 0.1) is 18.8 Å². The minimum atomic E-state index is 0.131. The molecule has 0 aromatic carbocycles. The summed E-state index contributed by atoms with van der Waals surface area (Å²) >= 11 is 0. The number of aryl methyl sites for hydroxylation is 1. The average molecular weight is 276 g/mol. The Balaban J connectivity index is 1.83. The summed E-state index contributed by atoms with van der Waals surface area (Å²) in [4.78, 5) is 6.92. The van der Waals surface area contributed by atoms with E-state index in [1.54, 1.807) is 0 Å². The number of hydrogen-bond donors (Lipinski definition) is 2. The Kier molecular flexibility index (Phi) is 4.31. The lowest BCUT2D eigenvalue weighted by molar-refractivity contribution is -0.0445. The van der Waals surface area contributed by atoms with Crippen LogP contribution in [0.5, 0.6) is 0 Å². The Morgan fingerprint density at radius 3 is 3.25 bits per heavy atom. The Hall–Kier alpha value is -1.01. The predicted molar refractivity (Wildman–Crippen MR) is 78.3 cm³/mol. The molecule has 1 aromatic rings. The van der Waals surface area contributed by atoms with Crippen molar-refractivity contribution in [1.29, 1.82) is 0 Å². The standard InChI is InChI=1S/C15H24N4O/c1-19-8-9-20-13(10-19)15(18-16)12-6-2-4-11-5-3-7-17-14(11)12/h3,5,7,12-13,15,18H,2,4,6,8-10,16H2,1H3. The van der Waals surface area contributed by atoms with Gasteiger partial charge in [0.15, 0.2) is 0 Å². The molecule has 1 fully saturated rings. The molecule has 0 amide bonds. The Bertz CT molecular complexity index is 453. The van der Waals surface area contributed by atoms with Crippen LogP contribution in [-0.2, 0) is 11.2 Å². The van der Waals surface area contributed by atoms with Crippen LogP contribution in [0.3, 0.4) is 0 Å². The first-order chi connectivity index (χ1) is 9.79. The normalized spacial score (nSPS) is 28.9. The summed E-state index contributed by atoms with van der Waals surface area (Å²) < 4.78 is 5.96. The molecule has 5 heteroatoms. The van der Waals surface area contributed by atoms with Crippen molar-refractivity contribution < 1.29 is 4.74 Å². The molecule has 20 heavy (non-hydrogen) atoms. The van der Waals surface area contributed by atoms with Gasteiger partial charge in [0.1, 0.15) is 0 Å². The van der Waals surface area contributed by atoms with Crippen LogP contribution in [0, 0.1) is 0 Å². The van der Waals surface area contributed by atoms with Crippen molar-refractivity contribution in [2.45, 2.75) is 37.3 Å². The lowest BCUT2D eigenvalue weighted by Crippen LogP contribution is -2.56. The Morgan fingerprint density at radius 1 is 1.55 bits per heavy atom. The molecule has 0 radical (unpaired) electrons. The summed E-state index contributed by atoms with van der Waals surface area (Å²) in [5.74, 6) is 6.21. The van der Waals surface area contributed by atoms with E-state index in [1.807, 2.05) is 12.3 Å². The smallest absolute Gasteiger partial charge is 0.0875 e. The van der Waals surface area contributed by atoms with Crippen molar-refractivity contribution in [3.63, 3.8) is 0 Å². The van der Waals surface area contributed by atoms with Crippen LogP contribution in [0.2, 0.25) is 0 Å². The van der Waals surface area contributed by atoms with Crippen LogP contribution >= 0.6 is 0 Å². The lowest BCUT2D eigenvalue weighted by Gasteiger charge is -2.39. The molecular formula is C15H24N4O. The van der Waals surface area contributed by atoms with Crippen molar-refractivity contribution in [2.75, 3.05) is 26.7 Å². The highest BCUT2D eigenvalue weighted by Crippen LogP contribution is 2.34. The highest BCUT2D eigenvalue weighted by Gasteiger charge is 2.36. The van der Waals surface area contributed by atoms with E-state index in [-0.39, 0.29) is 12.1 Å². The van der Waals surface area contributed by atoms with Gasteiger partial charge in [0.25, 0.3) is 0 Å². The number of morpholine rings is 1. The minimum Gasteiger partial charge on any atom is -0.374 e. The molecule has 2 aliphatic rings. The second-order valence-electron chi connectivity index (χ2n) is 5.91. The highest BCUT2D eigenvalue weighted by atomic mass is 16.5. The van der Waals surface area contributed by atoms with E-state index in [9.17, 15) is 0 Å². The fourth-order valence-electron chi connectivity index (χ4n) is 3.51. The molecule has 5 nitrogen and oxygen atoms in total. The van der Waals surface area contributed by atoms with Crippen LogP contribution in [0.1, 0.15) is 30.0 Å². The number of nitrogens with one attached hydrogen (secondary N) is 1. The molecule has 1 aromatic heterocycles. The number of hydrazine groups is 1. The summed E-state index contributed by atoms with van der Waals surface area (Å²) in [5.41, 5.74) is 5.59. The fourth-order valence-corrected chi connectivity index (χ4v) is 3.51. The number of rotatable bonds is 3. The maximum atomic E-state index is 5.96. The zero-order valence-electron chi connectivity index (χ0n) is 12.1. The third-order valence-corrected chi connectivity index (χ3v) is 4.56. The quantitative estimate of drug-likeness (QED) is 0.627. The number of ether oxygens (including phenoxy) is 1. The minimum absolute atomic E-state index is 0.131. The highest BCUT2D eigenvalue weighted by molar-refractivity contribution is 5.27. The maximum absolute atomic E-state index is 5.96. The molecule has 3 N–H and O–H groups in total. The molecule has 2 heterocycles. The summed E-state index contributed by atoms with van der Waals surface area (Å²) in [6.45, 7) is 2.70. The first kappa shape index (κ1) is 13.9. The van der Waals surface area contributed by atoms with Gasteiger partial charge in [-0.05, 0) is 37.9 Å². The summed E-state index contributed by atoms with van der Waals surface area (Å²) in [6, 6.07) is 4.35. The number of aromatic nitrogens is 1. The van der Waals surface area contributed by atoms with Gasteiger partial charge in [-0.1, -0.05) is 6.07 Å². The number of pyridine rings is 1. The van der Waals surface area contributed by atoms with Crippen molar-refractivity contribution >= 4 is 0 Å².